The molecule has 0 aliphatic carbocycles. The minimum Gasteiger partial charge on any atom is -0.396 e. The number of carbonyl (C=O) groups excluding carboxylic acids is 1. The largest absolute Gasteiger partial charge is 0.396 e. The lowest BCUT2D eigenvalue weighted by Gasteiger charge is -2.20. The molecule has 0 saturated heterocycles. The zero-order chi connectivity index (χ0) is 13.3. The highest BCUT2D eigenvalue weighted by molar-refractivity contribution is 5.85. The second-order valence-electron chi connectivity index (χ2n) is 5.15. The quantitative estimate of drug-likeness (QED) is 0.602. The molecule has 0 bridgehead atoms. The molecule has 0 radical (unpaired) electrons. The topological polar surface area (TPSA) is 75.4 Å². The van der Waals surface area contributed by atoms with Crippen LogP contribution >= 0.6 is 12.4 Å². The predicted molar refractivity (Wildman–Crippen MR) is 77.8 cm³/mol. The number of amides is 1. The van der Waals surface area contributed by atoms with E-state index in [4.69, 9.17) is 10.8 Å². The Labute approximate surface area is 117 Å². The van der Waals surface area contributed by atoms with Gasteiger partial charge in [0.2, 0.25) is 5.91 Å². The van der Waals surface area contributed by atoms with Crippen molar-refractivity contribution in [2.75, 3.05) is 13.2 Å². The lowest BCUT2D eigenvalue weighted by molar-refractivity contribution is -0.122. The van der Waals surface area contributed by atoms with E-state index in [2.05, 4.69) is 19.2 Å². The molecular formula is C13H29ClN2O2. The molecule has 2 unspecified atom stereocenters. The first kappa shape index (κ1) is 20.0. The van der Waals surface area contributed by atoms with Gasteiger partial charge in [-0.05, 0) is 31.1 Å². The Morgan fingerprint density at radius 1 is 1.33 bits per heavy atom. The maximum Gasteiger partial charge on any atom is 0.236 e. The minimum absolute atomic E-state index is 0. The number of hydrogen-bond acceptors (Lipinski definition) is 3. The molecule has 0 spiro atoms. The van der Waals surface area contributed by atoms with Gasteiger partial charge >= 0.3 is 0 Å². The lowest BCUT2D eigenvalue weighted by atomic mass is 9.94. The summed E-state index contributed by atoms with van der Waals surface area (Å²) in [6, 6.07) is -0.395. The van der Waals surface area contributed by atoms with Crippen LogP contribution < -0.4 is 11.1 Å². The zero-order valence-electron chi connectivity index (χ0n) is 11.8. The molecule has 0 aliphatic rings. The average molecular weight is 281 g/mol. The summed E-state index contributed by atoms with van der Waals surface area (Å²) in [7, 11) is 0. The van der Waals surface area contributed by atoms with Gasteiger partial charge < -0.3 is 16.2 Å². The summed E-state index contributed by atoms with van der Waals surface area (Å²) in [4.78, 5) is 11.6. The summed E-state index contributed by atoms with van der Waals surface area (Å²) in [5.41, 5.74) is 5.73. The fourth-order valence-corrected chi connectivity index (χ4v) is 1.97. The smallest absolute Gasteiger partial charge is 0.236 e. The van der Waals surface area contributed by atoms with Gasteiger partial charge in [-0.1, -0.05) is 27.2 Å². The summed E-state index contributed by atoms with van der Waals surface area (Å²) in [5.74, 6) is 0.851. The maximum absolute atomic E-state index is 11.6. The van der Waals surface area contributed by atoms with Crippen molar-refractivity contribution >= 4 is 18.3 Å². The molecule has 110 valence electrons. The van der Waals surface area contributed by atoms with Gasteiger partial charge in [0.1, 0.15) is 0 Å². The molecule has 18 heavy (non-hydrogen) atoms. The first-order chi connectivity index (χ1) is 8.01. The first-order valence-electron chi connectivity index (χ1n) is 6.65. The number of rotatable bonds is 9. The highest BCUT2D eigenvalue weighted by Gasteiger charge is 2.15. The van der Waals surface area contributed by atoms with Crippen LogP contribution in [-0.2, 0) is 4.79 Å². The zero-order valence-corrected chi connectivity index (χ0v) is 12.6. The summed E-state index contributed by atoms with van der Waals surface area (Å²) in [6.45, 7) is 7.10. The molecule has 0 heterocycles. The van der Waals surface area contributed by atoms with Gasteiger partial charge in [-0.15, -0.1) is 12.4 Å². The molecular weight excluding hydrogens is 252 g/mol. The van der Waals surface area contributed by atoms with E-state index < -0.39 is 6.04 Å². The molecule has 0 rings (SSSR count). The van der Waals surface area contributed by atoms with Crippen molar-refractivity contribution < 1.29 is 9.90 Å². The van der Waals surface area contributed by atoms with Crippen LogP contribution in [0.4, 0.5) is 0 Å². The Bertz CT molecular complexity index is 213. The van der Waals surface area contributed by atoms with Crippen LogP contribution in [0.15, 0.2) is 0 Å². The lowest BCUT2D eigenvalue weighted by Crippen LogP contribution is -2.42. The number of aliphatic hydroxyl groups is 1. The van der Waals surface area contributed by atoms with E-state index in [1.54, 1.807) is 0 Å². The predicted octanol–water partition coefficient (Wildman–Crippen LogP) is 1.70. The number of nitrogens with one attached hydrogen (secondary N) is 1. The SMILES string of the molecule is CCCC(N)C(=O)NCC(CCO)CC(C)C.Cl. The van der Waals surface area contributed by atoms with Gasteiger partial charge in [0.25, 0.3) is 0 Å². The molecule has 0 aromatic rings. The van der Waals surface area contributed by atoms with Crippen LogP contribution in [0, 0.1) is 11.8 Å². The molecule has 5 heteroatoms. The van der Waals surface area contributed by atoms with E-state index in [-0.39, 0.29) is 24.9 Å². The second kappa shape index (κ2) is 11.8. The first-order valence-corrected chi connectivity index (χ1v) is 6.65. The van der Waals surface area contributed by atoms with E-state index >= 15 is 0 Å². The van der Waals surface area contributed by atoms with E-state index in [1.807, 2.05) is 6.92 Å². The standard InChI is InChI=1S/C13H28N2O2.ClH/c1-4-5-12(14)13(17)15-9-11(6-7-16)8-10(2)3;/h10-12,16H,4-9,14H2,1-3H3,(H,15,17);1H. The molecule has 0 aliphatic heterocycles. The molecule has 4 nitrogen and oxygen atoms in total. The van der Waals surface area contributed by atoms with Gasteiger partial charge in [0.15, 0.2) is 0 Å². The molecule has 4 N–H and O–H groups in total. The molecule has 2 atom stereocenters. The minimum atomic E-state index is -0.395. The van der Waals surface area contributed by atoms with Crippen LogP contribution in [0.1, 0.15) is 46.5 Å². The number of halogens is 1. The third-order valence-electron chi connectivity index (χ3n) is 2.84. The van der Waals surface area contributed by atoms with Crippen LogP contribution in [0.25, 0.3) is 0 Å². The van der Waals surface area contributed by atoms with Gasteiger partial charge in [-0.3, -0.25) is 4.79 Å². The van der Waals surface area contributed by atoms with Crippen LogP contribution in [0.3, 0.4) is 0 Å². The van der Waals surface area contributed by atoms with Crippen molar-refractivity contribution in [2.45, 2.75) is 52.5 Å². The average Bonchev–Trinajstić information content (AvgIpc) is 2.25. The van der Waals surface area contributed by atoms with Crippen LogP contribution in [0.5, 0.6) is 0 Å². The van der Waals surface area contributed by atoms with Crippen LogP contribution in [0.2, 0.25) is 0 Å². The van der Waals surface area contributed by atoms with E-state index in [9.17, 15) is 4.79 Å². The number of carbonyl (C=O) groups is 1. The highest BCUT2D eigenvalue weighted by Crippen LogP contribution is 2.14. The normalized spacial score (nSPS) is 13.9. The van der Waals surface area contributed by atoms with Crippen molar-refractivity contribution in [2.24, 2.45) is 17.6 Å². The van der Waals surface area contributed by atoms with Gasteiger partial charge in [0, 0.05) is 13.2 Å². The third-order valence-corrected chi connectivity index (χ3v) is 2.84. The van der Waals surface area contributed by atoms with Crippen molar-refractivity contribution in [1.29, 1.82) is 0 Å². The Kier molecular flexibility index (Phi) is 13.1. The molecule has 0 fully saturated rings. The molecule has 1 amide bonds. The number of hydrogen-bond donors (Lipinski definition) is 3. The van der Waals surface area contributed by atoms with Crippen LogP contribution in [-0.4, -0.2) is 30.2 Å². The fourth-order valence-electron chi connectivity index (χ4n) is 1.97. The molecule has 0 saturated carbocycles. The second-order valence-corrected chi connectivity index (χ2v) is 5.15. The van der Waals surface area contributed by atoms with Crippen molar-refractivity contribution in [3.05, 3.63) is 0 Å². The van der Waals surface area contributed by atoms with E-state index in [0.29, 0.717) is 18.4 Å². The Morgan fingerprint density at radius 2 is 1.94 bits per heavy atom. The fraction of sp³-hybridized carbons (Fsp3) is 0.923. The van der Waals surface area contributed by atoms with Gasteiger partial charge in [-0.2, -0.15) is 0 Å². The van der Waals surface area contributed by atoms with Gasteiger partial charge in [0.05, 0.1) is 6.04 Å². The summed E-state index contributed by atoms with van der Waals surface area (Å²) in [6.07, 6.45) is 3.40. The summed E-state index contributed by atoms with van der Waals surface area (Å²) >= 11 is 0. The number of aliphatic hydroxyl groups excluding tert-OH is 1. The third kappa shape index (κ3) is 9.68. The maximum atomic E-state index is 11.6. The Morgan fingerprint density at radius 3 is 2.39 bits per heavy atom. The number of nitrogens with two attached hydrogens (primary N) is 1. The van der Waals surface area contributed by atoms with Crippen molar-refractivity contribution in [3.8, 4) is 0 Å². The summed E-state index contributed by atoms with van der Waals surface area (Å²) in [5, 5.41) is 11.9. The Balaban J connectivity index is 0. The summed E-state index contributed by atoms with van der Waals surface area (Å²) < 4.78 is 0. The molecule has 0 aromatic carbocycles. The van der Waals surface area contributed by atoms with Crippen molar-refractivity contribution in [1.82, 2.24) is 5.32 Å². The Hall–Kier alpha value is -0.320. The van der Waals surface area contributed by atoms with E-state index in [0.717, 1.165) is 25.7 Å². The van der Waals surface area contributed by atoms with E-state index in [1.165, 1.54) is 0 Å². The highest BCUT2D eigenvalue weighted by atomic mass is 35.5. The monoisotopic (exact) mass is 280 g/mol. The molecule has 0 aromatic heterocycles. The van der Waals surface area contributed by atoms with Gasteiger partial charge in [-0.25, -0.2) is 0 Å². The van der Waals surface area contributed by atoms with Crippen molar-refractivity contribution in [3.63, 3.8) is 0 Å².